The number of ether oxygens (including phenoxy) is 1. The van der Waals surface area contributed by atoms with Gasteiger partial charge in [0.1, 0.15) is 10.8 Å². The van der Waals surface area contributed by atoms with E-state index in [1.165, 1.54) is 10.4 Å². The fourth-order valence-electron chi connectivity index (χ4n) is 2.31. The summed E-state index contributed by atoms with van der Waals surface area (Å²) in [4.78, 5) is 8.24. The van der Waals surface area contributed by atoms with Gasteiger partial charge in [0.2, 0.25) is 0 Å². The molecule has 3 aromatic rings. The quantitative estimate of drug-likeness (QED) is 0.665. The molecule has 0 unspecified atom stereocenters. The van der Waals surface area contributed by atoms with E-state index >= 15 is 0 Å². The second-order valence-corrected chi connectivity index (χ2v) is 6.95. The molecule has 2 aromatic heterocycles. The zero-order valence-corrected chi connectivity index (χ0v) is 14.3. The Morgan fingerprint density at radius 2 is 2.05 bits per heavy atom. The lowest BCUT2D eigenvalue weighted by Crippen LogP contribution is -2.17. The Bertz CT molecular complexity index is 722. The molecule has 0 saturated heterocycles. The van der Waals surface area contributed by atoms with Crippen LogP contribution in [0.2, 0.25) is 0 Å². The maximum Gasteiger partial charge on any atom is 0.133 e. The zero-order chi connectivity index (χ0) is 15.4. The van der Waals surface area contributed by atoms with Gasteiger partial charge in [-0.1, -0.05) is 18.2 Å². The molecule has 0 amide bonds. The molecule has 0 aliphatic heterocycles. The minimum Gasteiger partial charge on any atom is -0.497 e. The summed E-state index contributed by atoms with van der Waals surface area (Å²) in [5.41, 5.74) is 2.37. The van der Waals surface area contributed by atoms with Crippen LogP contribution in [-0.4, -0.2) is 24.0 Å². The van der Waals surface area contributed by atoms with E-state index in [9.17, 15) is 0 Å². The van der Waals surface area contributed by atoms with Crippen molar-refractivity contribution in [1.29, 1.82) is 0 Å². The Kier molecular flexibility index (Phi) is 4.87. The SMILES string of the molecule is COc1cccc(CN(C)Cc2csc(-c3cccs3)n2)c1. The number of hydrogen-bond donors (Lipinski definition) is 0. The predicted molar refractivity (Wildman–Crippen MR) is 93.6 cm³/mol. The first kappa shape index (κ1) is 15.2. The molecule has 0 N–H and O–H groups in total. The first-order valence-corrected chi connectivity index (χ1v) is 8.80. The number of nitrogens with zero attached hydrogens (tertiary/aromatic N) is 2. The van der Waals surface area contributed by atoms with Crippen molar-refractivity contribution in [3.63, 3.8) is 0 Å². The van der Waals surface area contributed by atoms with E-state index in [1.807, 2.05) is 12.1 Å². The van der Waals surface area contributed by atoms with E-state index in [1.54, 1.807) is 29.8 Å². The molecule has 22 heavy (non-hydrogen) atoms. The van der Waals surface area contributed by atoms with Crippen LogP contribution >= 0.6 is 22.7 Å². The van der Waals surface area contributed by atoms with Crippen LogP contribution < -0.4 is 4.74 Å². The fourth-order valence-corrected chi connectivity index (χ4v) is 3.93. The summed E-state index contributed by atoms with van der Waals surface area (Å²) in [6.45, 7) is 1.72. The van der Waals surface area contributed by atoms with E-state index < -0.39 is 0 Å². The highest BCUT2D eigenvalue weighted by atomic mass is 32.1. The van der Waals surface area contributed by atoms with Gasteiger partial charge in [0.25, 0.3) is 0 Å². The van der Waals surface area contributed by atoms with Gasteiger partial charge in [-0.15, -0.1) is 22.7 Å². The maximum atomic E-state index is 5.27. The van der Waals surface area contributed by atoms with Crippen LogP contribution in [0.3, 0.4) is 0 Å². The number of methoxy groups -OCH3 is 1. The summed E-state index contributed by atoms with van der Waals surface area (Å²) in [6.07, 6.45) is 0. The van der Waals surface area contributed by atoms with Crippen molar-refractivity contribution in [1.82, 2.24) is 9.88 Å². The Morgan fingerprint density at radius 3 is 2.82 bits per heavy atom. The fraction of sp³-hybridized carbons (Fsp3) is 0.235. The van der Waals surface area contributed by atoms with Gasteiger partial charge >= 0.3 is 0 Å². The Balaban J connectivity index is 1.63. The molecular formula is C17H18N2OS2. The Hall–Kier alpha value is -1.69. The third-order valence-electron chi connectivity index (χ3n) is 3.30. The highest BCUT2D eigenvalue weighted by molar-refractivity contribution is 7.20. The van der Waals surface area contributed by atoms with Crippen molar-refractivity contribution in [3.05, 3.63) is 58.4 Å². The monoisotopic (exact) mass is 330 g/mol. The van der Waals surface area contributed by atoms with Crippen molar-refractivity contribution >= 4 is 22.7 Å². The van der Waals surface area contributed by atoms with Crippen LogP contribution in [-0.2, 0) is 13.1 Å². The largest absolute Gasteiger partial charge is 0.497 e. The number of thiophene rings is 1. The van der Waals surface area contributed by atoms with Crippen molar-refractivity contribution < 1.29 is 4.74 Å². The summed E-state index contributed by atoms with van der Waals surface area (Å²) in [6, 6.07) is 12.4. The molecule has 0 bridgehead atoms. The molecule has 5 heteroatoms. The maximum absolute atomic E-state index is 5.27. The number of benzene rings is 1. The van der Waals surface area contributed by atoms with Crippen molar-refractivity contribution in [2.75, 3.05) is 14.2 Å². The summed E-state index contributed by atoms with van der Waals surface area (Å²) < 4.78 is 5.27. The van der Waals surface area contributed by atoms with Crippen LogP contribution in [0.1, 0.15) is 11.3 Å². The van der Waals surface area contributed by atoms with Crippen molar-refractivity contribution in [2.45, 2.75) is 13.1 Å². The molecule has 3 rings (SSSR count). The lowest BCUT2D eigenvalue weighted by molar-refractivity contribution is 0.315. The Morgan fingerprint density at radius 1 is 1.14 bits per heavy atom. The molecule has 3 nitrogen and oxygen atoms in total. The lowest BCUT2D eigenvalue weighted by Gasteiger charge is -2.15. The summed E-state index contributed by atoms with van der Waals surface area (Å²) in [5, 5.41) is 5.35. The smallest absolute Gasteiger partial charge is 0.133 e. The molecular weight excluding hydrogens is 312 g/mol. The predicted octanol–water partition coefficient (Wildman–Crippen LogP) is 4.51. The van der Waals surface area contributed by atoms with Gasteiger partial charge in [-0.25, -0.2) is 4.98 Å². The van der Waals surface area contributed by atoms with Crippen molar-refractivity contribution in [3.8, 4) is 15.6 Å². The summed E-state index contributed by atoms with van der Waals surface area (Å²) >= 11 is 3.45. The first-order chi connectivity index (χ1) is 10.7. The molecule has 114 valence electrons. The average molecular weight is 330 g/mol. The van der Waals surface area contributed by atoms with Gasteiger partial charge in [0.15, 0.2) is 0 Å². The minimum atomic E-state index is 0.846. The lowest BCUT2D eigenvalue weighted by atomic mass is 10.2. The van der Waals surface area contributed by atoms with Gasteiger partial charge in [-0.3, -0.25) is 4.90 Å². The molecule has 0 saturated carbocycles. The highest BCUT2D eigenvalue weighted by Gasteiger charge is 2.08. The van der Waals surface area contributed by atoms with Crippen LogP contribution in [0.4, 0.5) is 0 Å². The second-order valence-electron chi connectivity index (χ2n) is 5.15. The van der Waals surface area contributed by atoms with Gasteiger partial charge in [-0.05, 0) is 36.2 Å². The molecule has 0 spiro atoms. The van der Waals surface area contributed by atoms with E-state index in [2.05, 4.69) is 47.0 Å². The standard InChI is InChI=1S/C17H18N2OS2/c1-19(10-13-5-3-6-15(9-13)20-2)11-14-12-22-17(18-14)16-7-4-8-21-16/h3-9,12H,10-11H2,1-2H3. The zero-order valence-electron chi connectivity index (χ0n) is 12.7. The number of hydrogen-bond acceptors (Lipinski definition) is 5. The molecule has 1 aromatic carbocycles. The van der Waals surface area contributed by atoms with Crippen LogP contribution in [0.5, 0.6) is 5.75 Å². The van der Waals surface area contributed by atoms with Crippen LogP contribution in [0.15, 0.2) is 47.2 Å². The van der Waals surface area contributed by atoms with Crippen LogP contribution in [0.25, 0.3) is 9.88 Å². The van der Waals surface area contributed by atoms with E-state index in [0.29, 0.717) is 0 Å². The number of thiazole rings is 1. The highest BCUT2D eigenvalue weighted by Crippen LogP contribution is 2.28. The molecule has 0 fully saturated rings. The van der Waals surface area contributed by atoms with E-state index in [-0.39, 0.29) is 0 Å². The normalized spacial score (nSPS) is 11.0. The van der Waals surface area contributed by atoms with E-state index in [0.717, 1.165) is 29.5 Å². The number of rotatable bonds is 6. The molecule has 2 heterocycles. The Labute approximate surface area is 138 Å². The second kappa shape index (κ2) is 7.05. The molecule has 0 aliphatic rings. The van der Waals surface area contributed by atoms with Crippen LogP contribution in [0, 0.1) is 0 Å². The third-order valence-corrected chi connectivity index (χ3v) is 5.23. The topological polar surface area (TPSA) is 25.4 Å². The van der Waals surface area contributed by atoms with Gasteiger partial charge in [0, 0.05) is 18.5 Å². The minimum absolute atomic E-state index is 0.846. The number of aromatic nitrogens is 1. The van der Waals surface area contributed by atoms with Crippen molar-refractivity contribution in [2.24, 2.45) is 0 Å². The molecule has 0 radical (unpaired) electrons. The first-order valence-electron chi connectivity index (χ1n) is 7.04. The van der Waals surface area contributed by atoms with Gasteiger partial charge < -0.3 is 4.74 Å². The molecule has 0 aliphatic carbocycles. The average Bonchev–Trinajstić information content (AvgIpc) is 3.18. The third kappa shape index (κ3) is 3.74. The molecule has 0 atom stereocenters. The van der Waals surface area contributed by atoms with E-state index in [4.69, 9.17) is 9.72 Å². The summed E-state index contributed by atoms with van der Waals surface area (Å²) in [7, 11) is 3.81. The van der Waals surface area contributed by atoms with Gasteiger partial charge in [0.05, 0.1) is 17.7 Å². The summed E-state index contributed by atoms with van der Waals surface area (Å²) in [5.74, 6) is 0.902. The van der Waals surface area contributed by atoms with Gasteiger partial charge in [-0.2, -0.15) is 0 Å².